The lowest BCUT2D eigenvalue weighted by molar-refractivity contribution is 0.217. The summed E-state index contributed by atoms with van der Waals surface area (Å²) in [6.07, 6.45) is 2.52. The van der Waals surface area contributed by atoms with E-state index in [4.69, 9.17) is 4.74 Å². The van der Waals surface area contributed by atoms with Gasteiger partial charge < -0.3 is 10.1 Å². The number of piperidine rings is 1. The van der Waals surface area contributed by atoms with Crippen LogP contribution in [0.15, 0.2) is 40.9 Å². The maximum Gasteiger partial charge on any atom is 0.134 e. The number of ether oxygens (including phenoxy) is 1. The molecule has 1 fully saturated rings. The number of hydrogen-bond donors (Lipinski definition) is 1. The molecule has 0 spiro atoms. The zero-order valence-electron chi connectivity index (χ0n) is 10.9. The van der Waals surface area contributed by atoms with Crippen LogP contribution < -0.4 is 10.1 Å². The molecule has 1 atom stereocenters. The molecule has 2 nitrogen and oxygen atoms in total. The van der Waals surface area contributed by atoms with E-state index in [9.17, 15) is 0 Å². The van der Waals surface area contributed by atoms with Crippen molar-refractivity contribution in [3.63, 3.8) is 0 Å². The molecule has 0 bridgehead atoms. The van der Waals surface area contributed by atoms with Gasteiger partial charge in [-0.2, -0.15) is 0 Å². The van der Waals surface area contributed by atoms with Gasteiger partial charge in [0.15, 0.2) is 0 Å². The van der Waals surface area contributed by atoms with Crippen LogP contribution >= 0.6 is 15.9 Å². The highest BCUT2D eigenvalue weighted by Gasteiger charge is 2.14. The first-order chi connectivity index (χ1) is 9.34. The smallest absolute Gasteiger partial charge is 0.134 e. The van der Waals surface area contributed by atoms with Gasteiger partial charge in [0.25, 0.3) is 0 Å². The minimum atomic E-state index is 0.632. The molecule has 3 rings (SSSR count). The molecule has 19 heavy (non-hydrogen) atoms. The fourth-order valence-electron chi connectivity index (χ4n) is 2.60. The first-order valence-electron chi connectivity index (χ1n) is 6.85. The molecule has 3 heteroatoms. The summed E-state index contributed by atoms with van der Waals surface area (Å²) in [6, 6.07) is 12.5. The van der Waals surface area contributed by atoms with E-state index in [0.29, 0.717) is 5.92 Å². The maximum absolute atomic E-state index is 6.00. The van der Waals surface area contributed by atoms with Crippen molar-refractivity contribution in [1.29, 1.82) is 0 Å². The summed E-state index contributed by atoms with van der Waals surface area (Å²) in [7, 11) is 0. The molecule has 2 aromatic rings. The number of nitrogens with one attached hydrogen (secondary N) is 1. The first kappa shape index (κ1) is 12.9. The van der Waals surface area contributed by atoms with Gasteiger partial charge in [-0.05, 0) is 52.2 Å². The minimum absolute atomic E-state index is 0.632. The lowest BCUT2D eigenvalue weighted by atomic mass is 10.0. The topological polar surface area (TPSA) is 21.3 Å². The molecule has 1 aliphatic rings. The third-order valence-electron chi connectivity index (χ3n) is 3.70. The van der Waals surface area contributed by atoms with Gasteiger partial charge in [-0.3, -0.25) is 0 Å². The van der Waals surface area contributed by atoms with Gasteiger partial charge in [0, 0.05) is 12.5 Å². The first-order valence-corrected chi connectivity index (χ1v) is 7.64. The van der Waals surface area contributed by atoms with Crippen molar-refractivity contribution in [3.05, 3.63) is 40.9 Å². The van der Waals surface area contributed by atoms with Gasteiger partial charge in [0.2, 0.25) is 0 Å². The Morgan fingerprint density at radius 3 is 2.95 bits per heavy atom. The number of halogens is 1. The maximum atomic E-state index is 6.00. The Labute approximate surface area is 122 Å². The van der Waals surface area contributed by atoms with Crippen LogP contribution in [0.25, 0.3) is 10.8 Å². The van der Waals surface area contributed by atoms with Crippen molar-refractivity contribution in [1.82, 2.24) is 5.32 Å². The molecule has 1 N–H and O–H groups in total. The monoisotopic (exact) mass is 319 g/mol. The summed E-state index contributed by atoms with van der Waals surface area (Å²) in [6.45, 7) is 3.02. The van der Waals surface area contributed by atoms with E-state index in [1.54, 1.807) is 0 Å². The van der Waals surface area contributed by atoms with Gasteiger partial charge >= 0.3 is 0 Å². The molecule has 1 saturated heterocycles. The average molecular weight is 320 g/mol. The Kier molecular flexibility index (Phi) is 4.04. The fraction of sp³-hybridized carbons (Fsp3) is 0.375. The Balaban J connectivity index is 1.75. The average Bonchev–Trinajstić information content (AvgIpc) is 2.48. The quantitative estimate of drug-likeness (QED) is 0.923. The summed E-state index contributed by atoms with van der Waals surface area (Å²) >= 11 is 3.67. The molecule has 100 valence electrons. The Bertz CT molecular complexity index is 564. The standard InChI is InChI=1S/C16H18BrNO/c17-16-14-6-2-1-5-13(14)7-8-15(16)19-11-12-4-3-9-18-10-12/h1-2,5-8,12,18H,3-4,9-11H2/t12-/m1/s1. The zero-order chi connectivity index (χ0) is 13.1. The van der Waals surface area contributed by atoms with E-state index in [0.717, 1.165) is 29.9 Å². The second-order valence-corrected chi connectivity index (χ2v) is 5.92. The van der Waals surface area contributed by atoms with Crippen molar-refractivity contribution in [2.24, 2.45) is 5.92 Å². The van der Waals surface area contributed by atoms with Crippen molar-refractivity contribution in [2.45, 2.75) is 12.8 Å². The summed E-state index contributed by atoms with van der Waals surface area (Å²) < 4.78 is 7.06. The molecule has 1 heterocycles. The summed E-state index contributed by atoms with van der Waals surface area (Å²) in [4.78, 5) is 0. The molecule has 0 radical (unpaired) electrons. The van der Waals surface area contributed by atoms with Crippen LogP contribution in [0, 0.1) is 5.92 Å². The number of rotatable bonds is 3. The van der Waals surface area contributed by atoms with Crippen LogP contribution in [0.4, 0.5) is 0 Å². The Morgan fingerprint density at radius 2 is 2.11 bits per heavy atom. The van der Waals surface area contributed by atoms with Gasteiger partial charge in [-0.25, -0.2) is 0 Å². The van der Waals surface area contributed by atoms with Crippen LogP contribution in [0.1, 0.15) is 12.8 Å². The van der Waals surface area contributed by atoms with E-state index < -0.39 is 0 Å². The van der Waals surface area contributed by atoms with Gasteiger partial charge in [0.05, 0.1) is 11.1 Å². The third kappa shape index (κ3) is 2.93. The molecule has 0 amide bonds. The summed E-state index contributed by atoms with van der Waals surface area (Å²) in [5.74, 6) is 1.58. The normalized spacial score (nSPS) is 19.5. The minimum Gasteiger partial charge on any atom is -0.492 e. The van der Waals surface area contributed by atoms with E-state index >= 15 is 0 Å². The van der Waals surface area contributed by atoms with Crippen molar-refractivity contribution >= 4 is 26.7 Å². The largest absolute Gasteiger partial charge is 0.492 e. The lowest BCUT2D eigenvalue weighted by Crippen LogP contribution is -2.33. The summed E-state index contributed by atoms with van der Waals surface area (Å²) in [5.41, 5.74) is 0. The highest BCUT2D eigenvalue weighted by atomic mass is 79.9. The predicted molar refractivity (Wildman–Crippen MR) is 82.7 cm³/mol. The highest BCUT2D eigenvalue weighted by molar-refractivity contribution is 9.10. The molecular formula is C16H18BrNO. The van der Waals surface area contributed by atoms with Crippen LogP contribution in [-0.4, -0.2) is 19.7 Å². The highest BCUT2D eigenvalue weighted by Crippen LogP contribution is 2.33. The Morgan fingerprint density at radius 1 is 1.21 bits per heavy atom. The van der Waals surface area contributed by atoms with E-state index in [1.165, 1.54) is 23.6 Å². The molecule has 0 aliphatic carbocycles. The molecule has 1 aliphatic heterocycles. The molecule has 0 unspecified atom stereocenters. The van der Waals surface area contributed by atoms with E-state index in [1.807, 2.05) is 0 Å². The van der Waals surface area contributed by atoms with Crippen LogP contribution in [0.2, 0.25) is 0 Å². The number of fused-ring (bicyclic) bond motifs is 1. The molecular weight excluding hydrogens is 302 g/mol. The van der Waals surface area contributed by atoms with E-state index in [-0.39, 0.29) is 0 Å². The number of benzene rings is 2. The van der Waals surface area contributed by atoms with Gasteiger partial charge in [-0.1, -0.05) is 30.3 Å². The molecule has 2 aromatic carbocycles. The zero-order valence-corrected chi connectivity index (χ0v) is 12.4. The van der Waals surface area contributed by atoms with Crippen molar-refractivity contribution < 1.29 is 4.74 Å². The lowest BCUT2D eigenvalue weighted by Gasteiger charge is -2.23. The summed E-state index contributed by atoms with van der Waals surface area (Å²) in [5, 5.41) is 5.87. The molecule has 0 aromatic heterocycles. The van der Waals surface area contributed by atoms with Crippen molar-refractivity contribution in [3.8, 4) is 5.75 Å². The van der Waals surface area contributed by atoms with Gasteiger partial charge in [-0.15, -0.1) is 0 Å². The fourth-order valence-corrected chi connectivity index (χ4v) is 3.21. The molecule has 0 saturated carbocycles. The SMILES string of the molecule is Brc1c(OC[C@@H]2CCCNC2)ccc2ccccc12. The van der Waals surface area contributed by atoms with E-state index in [2.05, 4.69) is 57.6 Å². The van der Waals surface area contributed by atoms with Gasteiger partial charge in [0.1, 0.15) is 5.75 Å². The second kappa shape index (κ2) is 5.93. The Hall–Kier alpha value is -1.06. The van der Waals surface area contributed by atoms with Crippen molar-refractivity contribution in [2.75, 3.05) is 19.7 Å². The predicted octanol–water partition coefficient (Wildman–Crippen LogP) is 3.98. The second-order valence-electron chi connectivity index (χ2n) is 5.12. The third-order valence-corrected chi connectivity index (χ3v) is 4.52. The number of hydrogen-bond acceptors (Lipinski definition) is 2. The van der Waals surface area contributed by atoms with Crippen LogP contribution in [0.5, 0.6) is 5.75 Å². The van der Waals surface area contributed by atoms with Crippen LogP contribution in [0.3, 0.4) is 0 Å². The van der Waals surface area contributed by atoms with Crippen LogP contribution in [-0.2, 0) is 0 Å².